The molecule has 0 aliphatic heterocycles. The molecule has 0 saturated carbocycles. The van der Waals surface area contributed by atoms with Crippen LogP contribution in [0.4, 0.5) is 0 Å². The van der Waals surface area contributed by atoms with Crippen LogP contribution in [0.3, 0.4) is 0 Å². The predicted molar refractivity (Wildman–Crippen MR) is 85.9 cm³/mol. The molecule has 0 radical (unpaired) electrons. The van der Waals surface area contributed by atoms with E-state index >= 15 is 0 Å². The standard InChI is InChI=1S/C14H13BrN4OS/c1-7-3-4-9(10(15)5-7)12-18-13(20-19-12)11-6-21-14(17-11)8(2)16/h3-6,8H,16H2,1-2H3. The lowest BCUT2D eigenvalue weighted by Crippen LogP contribution is -2.03. The van der Waals surface area contributed by atoms with Crippen molar-refractivity contribution in [2.75, 3.05) is 0 Å². The molecule has 108 valence electrons. The molecule has 0 aliphatic carbocycles. The quantitative estimate of drug-likeness (QED) is 0.760. The third-order valence-electron chi connectivity index (χ3n) is 2.92. The molecule has 7 heteroatoms. The molecule has 0 aliphatic rings. The van der Waals surface area contributed by atoms with E-state index in [2.05, 4.69) is 31.1 Å². The molecule has 1 unspecified atom stereocenters. The van der Waals surface area contributed by atoms with Crippen LogP contribution in [0, 0.1) is 6.92 Å². The first-order valence-electron chi connectivity index (χ1n) is 6.36. The highest BCUT2D eigenvalue weighted by molar-refractivity contribution is 9.10. The Labute approximate surface area is 134 Å². The summed E-state index contributed by atoms with van der Waals surface area (Å²) in [6.45, 7) is 3.92. The molecule has 1 atom stereocenters. The third kappa shape index (κ3) is 2.90. The fraction of sp³-hybridized carbons (Fsp3) is 0.214. The van der Waals surface area contributed by atoms with Crippen LogP contribution in [-0.2, 0) is 0 Å². The average Bonchev–Trinajstić information content (AvgIpc) is 3.07. The highest BCUT2D eigenvalue weighted by atomic mass is 79.9. The molecule has 0 saturated heterocycles. The van der Waals surface area contributed by atoms with Gasteiger partial charge in [0.15, 0.2) is 0 Å². The van der Waals surface area contributed by atoms with Crippen LogP contribution in [0.25, 0.3) is 23.0 Å². The van der Waals surface area contributed by atoms with Crippen LogP contribution in [-0.4, -0.2) is 15.1 Å². The van der Waals surface area contributed by atoms with Gasteiger partial charge in [-0.3, -0.25) is 0 Å². The average molecular weight is 365 g/mol. The molecule has 0 fully saturated rings. The van der Waals surface area contributed by atoms with Crippen LogP contribution in [0.15, 0.2) is 32.6 Å². The van der Waals surface area contributed by atoms with Gasteiger partial charge in [0.1, 0.15) is 10.7 Å². The largest absolute Gasteiger partial charge is 0.332 e. The fourth-order valence-electron chi connectivity index (χ4n) is 1.83. The lowest BCUT2D eigenvalue weighted by atomic mass is 10.1. The number of rotatable bonds is 3. The molecule has 2 N–H and O–H groups in total. The van der Waals surface area contributed by atoms with Gasteiger partial charge in [0.2, 0.25) is 5.82 Å². The summed E-state index contributed by atoms with van der Waals surface area (Å²) in [4.78, 5) is 8.82. The zero-order valence-corrected chi connectivity index (χ0v) is 13.9. The maximum absolute atomic E-state index is 5.81. The maximum Gasteiger partial charge on any atom is 0.277 e. The molecular formula is C14H13BrN4OS. The van der Waals surface area contributed by atoms with E-state index in [9.17, 15) is 0 Å². The smallest absolute Gasteiger partial charge is 0.277 e. The van der Waals surface area contributed by atoms with Crippen molar-refractivity contribution in [3.63, 3.8) is 0 Å². The number of benzene rings is 1. The number of thiazole rings is 1. The lowest BCUT2D eigenvalue weighted by Gasteiger charge is -1.99. The Bertz CT molecular complexity index is 781. The number of hydrogen-bond donors (Lipinski definition) is 1. The van der Waals surface area contributed by atoms with Crippen LogP contribution in [0.5, 0.6) is 0 Å². The number of aryl methyl sites for hydroxylation is 1. The van der Waals surface area contributed by atoms with E-state index in [1.807, 2.05) is 37.4 Å². The molecule has 3 rings (SSSR count). The van der Waals surface area contributed by atoms with Crippen molar-refractivity contribution in [1.82, 2.24) is 15.1 Å². The fourth-order valence-corrected chi connectivity index (χ4v) is 3.26. The van der Waals surface area contributed by atoms with Gasteiger partial charge in [-0.2, -0.15) is 4.98 Å². The molecular weight excluding hydrogens is 352 g/mol. The first kappa shape index (κ1) is 14.4. The van der Waals surface area contributed by atoms with E-state index in [0.717, 1.165) is 20.6 Å². The van der Waals surface area contributed by atoms with Crippen molar-refractivity contribution in [2.24, 2.45) is 5.73 Å². The van der Waals surface area contributed by atoms with Crippen LogP contribution >= 0.6 is 27.3 Å². The number of halogens is 1. The van der Waals surface area contributed by atoms with Gasteiger partial charge >= 0.3 is 0 Å². The van der Waals surface area contributed by atoms with Gasteiger partial charge in [-0.25, -0.2) is 4.98 Å². The maximum atomic E-state index is 5.81. The van der Waals surface area contributed by atoms with E-state index in [1.54, 1.807) is 0 Å². The molecule has 2 heterocycles. The van der Waals surface area contributed by atoms with Crippen molar-refractivity contribution in [3.8, 4) is 23.0 Å². The molecule has 1 aromatic carbocycles. The first-order valence-corrected chi connectivity index (χ1v) is 8.03. The second kappa shape index (κ2) is 5.67. The Kier molecular flexibility index (Phi) is 3.88. The Morgan fingerprint density at radius 1 is 1.33 bits per heavy atom. The zero-order chi connectivity index (χ0) is 15.0. The number of nitrogens with zero attached hydrogens (tertiary/aromatic N) is 3. The molecule has 21 heavy (non-hydrogen) atoms. The monoisotopic (exact) mass is 364 g/mol. The summed E-state index contributed by atoms with van der Waals surface area (Å²) >= 11 is 5.01. The summed E-state index contributed by atoms with van der Waals surface area (Å²) in [5, 5.41) is 6.75. The Morgan fingerprint density at radius 2 is 2.14 bits per heavy atom. The van der Waals surface area contributed by atoms with Gasteiger partial charge < -0.3 is 10.3 Å². The van der Waals surface area contributed by atoms with Crippen LogP contribution in [0.1, 0.15) is 23.5 Å². The number of hydrogen-bond acceptors (Lipinski definition) is 6. The summed E-state index contributed by atoms with van der Waals surface area (Å²) in [6, 6.07) is 5.88. The highest BCUT2D eigenvalue weighted by Gasteiger charge is 2.16. The summed E-state index contributed by atoms with van der Waals surface area (Å²) < 4.78 is 6.24. The van der Waals surface area contributed by atoms with E-state index in [1.165, 1.54) is 11.3 Å². The van der Waals surface area contributed by atoms with Crippen molar-refractivity contribution in [1.29, 1.82) is 0 Å². The minimum absolute atomic E-state index is 0.0996. The van der Waals surface area contributed by atoms with Crippen molar-refractivity contribution in [2.45, 2.75) is 19.9 Å². The van der Waals surface area contributed by atoms with Gasteiger partial charge in [0.05, 0.1) is 6.04 Å². The normalized spacial score (nSPS) is 12.6. The Hall–Kier alpha value is -1.57. The number of nitrogens with two attached hydrogens (primary N) is 1. The van der Waals surface area contributed by atoms with Crippen molar-refractivity contribution in [3.05, 3.63) is 38.6 Å². The summed E-state index contributed by atoms with van der Waals surface area (Å²) in [7, 11) is 0. The minimum atomic E-state index is -0.0996. The molecule has 3 aromatic rings. The van der Waals surface area contributed by atoms with E-state index in [0.29, 0.717) is 17.4 Å². The minimum Gasteiger partial charge on any atom is -0.332 e. The predicted octanol–water partition coefficient (Wildman–Crippen LogP) is 3.95. The van der Waals surface area contributed by atoms with Gasteiger partial charge in [-0.05, 0) is 31.5 Å². The van der Waals surface area contributed by atoms with Gasteiger partial charge in [-0.1, -0.05) is 27.2 Å². The summed E-state index contributed by atoms with van der Waals surface area (Å²) in [6.07, 6.45) is 0. The molecule has 2 aromatic heterocycles. The lowest BCUT2D eigenvalue weighted by molar-refractivity contribution is 0.431. The third-order valence-corrected chi connectivity index (χ3v) is 4.62. The Morgan fingerprint density at radius 3 is 2.81 bits per heavy atom. The molecule has 0 bridgehead atoms. The first-order chi connectivity index (χ1) is 10.0. The number of aromatic nitrogens is 3. The van der Waals surface area contributed by atoms with E-state index in [4.69, 9.17) is 10.3 Å². The second-order valence-electron chi connectivity index (χ2n) is 4.77. The van der Waals surface area contributed by atoms with Crippen molar-refractivity contribution >= 4 is 27.3 Å². The van der Waals surface area contributed by atoms with Crippen LogP contribution in [0.2, 0.25) is 0 Å². The molecule has 0 amide bonds. The van der Waals surface area contributed by atoms with E-state index < -0.39 is 0 Å². The molecule has 5 nitrogen and oxygen atoms in total. The zero-order valence-electron chi connectivity index (χ0n) is 11.5. The highest BCUT2D eigenvalue weighted by Crippen LogP contribution is 2.29. The van der Waals surface area contributed by atoms with Gasteiger partial charge in [0, 0.05) is 15.4 Å². The van der Waals surface area contributed by atoms with E-state index in [-0.39, 0.29) is 6.04 Å². The van der Waals surface area contributed by atoms with Crippen LogP contribution < -0.4 is 5.73 Å². The van der Waals surface area contributed by atoms with Crippen molar-refractivity contribution < 1.29 is 4.52 Å². The molecule has 0 spiro atoms. The summed E-state index contributed by atoms with van der Waals surface area (Å²) in [5.74, 6) is 0.938. The van der Waals surface area contributed by atoms with Gasteiger partial charge in [-0.15, -0.1) is 11.3 Å². The van der Waals surface area contributed by atoms with Gasteiger partial charge in [0.25, 0.3) is 5.89 Å². The second-order valence-corrected chi connectivity index (χ2v) is 6.51. The SMILES string of the molecule is Cc1ccc(-c2noc(-c3csc(C(C)N)n3)n2)c(Br)c1. The summed E-state index contributed by atoms with van der Waals surface area (Å²) in [5.41, 5.74) is 8.52. The topological polar surface area (TPSA) is 77.8 Å². The Balaban J connectivity index is 1.95.